The van der Waals surface area contributed by atoms with Crippen LogP contribution in [0.25, 0.3) is 0 Å². The first-order valence-corrected chi connectivity index (χ1v) is 4.62. The zero-order valence-electron chi connectivity index (χ0n) is 9.25. The van der Waals surface area contributed by atoms with Gasteiger partial charge in [0.15, 0.2) is 11.6 Å². The molecular formula is C10H18O4. The Morgan fingerprint density at radius 3 is 1.64 bits per heavy atom. The second kappa shape index (κ2) is 9.89. The molecule has 0 fully saturated rings. The molecule has 0 atom stereocenters. The molecule has 0 aromatic heterocycles. The number of ether oxygens (including phenoxy) is 1. The van der Waals surface area contributed by atoms with E-state index < -0.39 is 0 Å². The lowest BCUT2D eigenvalue weighted by atomic mass is 10.3. The number of esters is 1. The summed E-state index contributed by atoms with van der Waals surface area (Å²) in [5, 5.41) is 0. The largest absolute Gasteiger partial charge is 0.466 e. The highest BCUT2D eigenvalue weighted by Gasteiger charge is 1.95. The van der Waals surface area contributed by atoms with Crippen LogP contribution in [-0.2, 0) is 19.1 Å². The van der Waals surface area contributed by atoms with Crippen molar-refractivity contribution in [2.24, 2.45) is 0 Å². The summed E-state index contributed by atoms with van der Waals surface area (Å²) in [7, 11) is 0. The van der Waals surface area contributed by atoms with Gasteiger partial charge < -0.3 is 4.74 Å². The minimum atomic E-state index is -0.380. The van der Waals surface area contributed by atoms with Gasteiger partial charge in [0.2, 0.25) is 0 Å². The molecular weight excluding hydrogens is 184 g/mol. The molecule has 0 amide bonds. The number of rotatable bonds is 4. The average Bonchev–Trinajstić information content (AvgIpc) is 2.06. The standard InChI is InChI=1S/C6H12O2.C4H6O2/c1-3-5-6(7)8-4-2;1-3(5)4(2)6/h3-5H2,1-2H3;1-2H3. The van der Waals surface area contributed by atoms with Crippen molar-refractivity contribution in [3.05, 3.63) is 0 Å². The number of carbonyl (C=O) groups excluding carboxylic acids is 3. The molecule has 0 spiro atoms. The van der Waals surface area contributed by atoms with Crippen LogP contribution in [0.1, 0.15) is 40.5 Å². The van der Waals surface area contributed by atoms with Gasteiger partial charge in [0.1, 0.15) is 0 Å². The van der Waals surface area contributed by atoms with Crippen LogP contribution in [0.4, 0.5) is 0 Å². The second-order valence-corrected chi connectivity index (χ2v) is 2.67. The molecule has 0 aromatic carbocycles. The van der Waals surface area contributed by atoms with Crippen molar-refractivity contribution >= 4 is 17.5 Å². The zero-order chi connectivity index (χ0) is 11.6. The van der Waals surface area contributed by atoms with Crippen molar-refractivity contribution in [3.8, 4) is 0 Å². The fraction of sp³-hybridized carbons (Fsp3) is 0.700. The molecule has 0 N–H and O–H groups in total. The van der Waals surface area contributed by atoms with Crippen LogP contribution in [0.3, 0.4) is 0 Å². The highest BCUT2D eigenvalue weighted by atomic mass is 16.5. The number of Topliss-reactive ketones (excluding diaryl/α,β-unsaturated/α-hetero) is 2. The third-order valence-corrected chi connectivity index (χ3v) is 1.26. The van der Waals surface area contributed by atoms with E-state index in [9.17, 15) is 14.4 Å². The van der Waals surface area contributed by atoms with Crippen molar-refractivity contribution < 1.29 is 19.1 Å². The van der Waals surface area contributed by atoms with E-state index in [-0.39, 0.29) is 17.5 Å². The Morgan fingerprint density at radius 1 is 1.00 bits per heavy atom. The van der Waals surface area contributed by atoms with E-state index in [4.69, 9.17) is 0 Å². The highest BCUT2D eigenvalue weighted by Crippen LogP contribution is 1.89. The van der Waals surface area contributed by atoms with Gasteiger partial charge in [-0.1, -0.05) is 6.92 Å². The molecule has 82 valence electrons. The molecule has 0 heterocycles. The van der Waals surface area contributed by atoms with E-state index in [1.807, 2.05) is 13.8 Å². The van der Waals surface area contributed by atoms with Gasteiger partial charge in [-0.15, -0.1) is 0 Å². The molecule has 0 aliphatic heterocycles. The van der Waals surface area contributed by atoms with Gasteiger partial charge in [0.25, 0.3) is 0 Å². The van der Waals surface area contributed by atoms with Crippen molar-refractivity contribution in [2.75, 3.05) is 6.61 Å². The molecule has 14 heavy (non-hydrogen) atoms. The fourth-order valence-corrected chi connectivity index (χ4v) is 0.437. The second-order valence-electron chi connectivity index (χ2n) is 2.67. The lowest BCUT2D eigenvalue weighted by Gasteiger charge is -1.96. The van der Waals surface area contributed by atoms with E-state index in [1.165, 1.54) is 13.8 Å². The van der Waals surface area contributed by atoms with Gasteiger partial charge in [-0.25, -0.2) is 0 Å². The smallest absolute Gasteiger partial charge is 0.305 e. The van der Waals surface area contributed by atoms with E-state index in [2.05, 4.69) is 4.74 Å². The molecule has 0 aliphatic carbocycles. The SMILES string of the molecule is CC(=O)C(C)=O.CCCC(=O)OCC. The summed E-state index contributed by atoms with van der Waals surface area (Å²) in [5.74, 6) is -0.847. The Kier molecular flexibility index (Phi) is 10.8. The zero-order valence-corrected chi connectivity index (χ0v) is 9.25. The molecule has 0 rings (SSSR count). The average molecular weight is 202 g/mol. The van der Waals surface area contributed by atoms with Gasteiger partial charge in [0, 0.05) is 20.3 Å². The van der Waals surface area contributed by atoms with Crippen molar-refractivity contribution in [2.45, 2.75) is 40.5 Å². The Hall–Kier alpha value is -1.19. The van der Waals surface area contributed by atoms with Crippen LogP contribution in [0.5, 0.6) is 0 Å². The Labute approximate surface area is 84.6 Å². The molecule has 4 nitrogen and oxygen atoms in total. The normalized spacial score (nSPS) is 8.29. The lowest BCUT2D eigenvalue weighted by molar-refractivity contribution is -0.143. The van der Waals surface area contributed by atoms with Crippen LogP contribution in [0.2, 0.25) is 0 Å². The van der Waals surface area contributed by atoms with Gasteiger partial charge >= 0.3 is 5.97 Å². The maximum absolute atomic E-state index is 10.4. The molecule has 0 unspecified atom stereocenters. The van der Waals surface area contributed by atoms with E-state index in [1.54, 1.807) is 0 Å². The Balaban J connectivity index is 0. The van der Waals surface area contributed by atoms with Crippen molar-refractivity contribution in [1.29, 1.82) is 0 Å². The first-order chi connectivity index (χ1) is 6.45. The first kappa shape index (κ1) is 15.3. The molecule has 0 aromatic rings. The molecule has 0 bridgehead atoms. The molecule has 4 heteroatoms. The predicted octanol–water partition coefficient (Wildman–Crippen LogP) is 1.51. The third-order valence-electron chi connectivity index (χ3n) is 1.26. The summed E-state index contributed by atoms with van der Waals surface area (Å²) in [6.07, 6.45) is 1.42. The van der Waals surface area contributed by atoms with Crippen LogP contribution in [-0.4, -0.2) is 24.1 Å². The third kappa shape index (κ3) is 13.4. The summed E-state index contributed by atoms with van der Waals surface area (Å²) < 4.78 is 4.64. The predicted molar refractivity (Wildman–Crippen MR) is 52.9 cm³/mol. The number of hydrogen-bond acceptors (Lipinski definition) is 4. The lowest BCUT2D eigenvalue weighted by Crippen LogP contribution is -2.01. The number of carbonyl (C=O) groups is 3. The van der Waals surface area contributed by atoms with Crippen LogP contribution in [0.15, 0.2) is 0 Å². The Bertz CT molecular complexity index is 176. The maximum Gasteiger partial charge on any atom is 0.305 e. The minimum absolute atomic E-state index is 0.0880. The first-order valence-electron chi connectivity index (χ1n) is 4.62. The topological polar surface area (TPSA) is 60.4 Å². The minimum Gasteiger partial charge on any atom is -0.466 e. The van der Waals surface area contributed by atoms with E-state index >= 15 is 0 Å². The summed E-state index contributed by atoms with van der Waals surface area (Å²) in [5.41, 5.74) is 0. The molecule has 0 saturated carbocycles. The monoisotopic (exact) mass is 202 g/mol. The highest BCUT2D eigenvalue weighted by molar-refractivity contribution is 6.35. The number of ketones is 2. The summed E-state index contributed by atoms with van der Waals surface area (Å²) in [6, 6.07) is 0. The van der Waals surface area contributed by atoms with Gasteiger partial charge in [-0.2, -0.15) is 0 Å². The van der Waals surface area contributed by atoms with Gasteiger partial charge in [-0.05, 0) is 13.3 Å². The van der Waals surface area contributed by atoms with Gasteiger partial charge in [-0.3, -0.25) is 14.4 Å². The van der Waals surface area contributed by atoms with Crippen molar-refractivity contribution in [3.63, 3.8) is 0 Å². The number of hydrogen-bond donors (Lipinski definition) is 0. The maximum atomic E-state index is 10.4. The van der Waals surface area contributed by atoms with Crippen LogP contribution in [0, 0.1) is 0 Å². The van der Waals surface area contributed by atoms with Crippen molar-refractivity contribution in [1.82, 2.24) is 0 Å². The summed E-state index contributed by atoms with van der Waals surface area (Å²) >= 11 is 0. The van der Waals surface area contributed by atoms with Crippen LogP contribution < -0.4 is 0 Å². The van der Waals surface area contributed by atoms with Crippen LogP contribution >= 0.6 is 0 Å². The molecule has 0 saturated heterocycles. The Morgan fingerprint density at radius 2 is 1.43 bits per heavy atom. The molecule has 0 radical (unpaired) electrons. The summed E-state index contributed by atoms with van der Waals surface area (Å²) in [4.78, 5) is 30.0. The summed E-state index contributed by atoms with van der Waals surface area (Å²) in [6.45, 7) is 6.77. The quantitative estimate of drug-likeness (QED) is 0.512. The molecule has 0 aliphatic rings. The van der Waals surface area contributed by atoms with E-state index in [0.29, 0.717) is 13.0 Å². The van der Waals surface area contributed by atoms with Gasteiger partial charge in [0.05, 0.1) is 6.61 Å². The van der Waals surface area contributed by atoms with E-state index in [0.717, 1.165) is 6.42 Å². The fourth-order valence-electron chi connectivity index (χ4n) is 0.437.